The zero-order chi connectivity index (χ0) is 15.9. The van der Waals surface area contributed by atoms with Crippen molar-refractivity contribution >= 4 is 5.69 Å². The van der Waals surface area contributed by atoms with Gasteiger partial charge < -0.3 is 5.32 Å². The first-order chi connectivity index (χ1) is 11.2. The summed E-state index contributed by atoms with van der Waals surface area (Å²) in [5.41, 5.74) is 2.95. The zero-order valence-electron chi connectivity index (χ0n) is 12.9. The van der Waals surface area contributed by atoms with Gasteiger partial charge in [-0.3, -0.25) is 10.1 Å². The van der Waals surface area contributed by atoms with Crippen LogP contribution in [0.3, 0.4) is 0 Å². The van der Waals surface area contributed by atoms with Gasteiger partial charge in [0.2, 0.25) is 6.04 Å². The molecule has 23 heavy (non-hydrogen) atoms. The summed E-state index contributed by atoms with van der Waals surface area (Å²) in [5, 5.41) is 15.3. The van der Waals surface area contributed by atoms with E-state index in [2.05, 4.69) is 23.5 Å². The largest absolute Gasteiger partial charge is 0.384 e. The van der Waals surface area contributed by atoms with Crippen molar-refractivity contribution in [2.45, 2.75) is 36.6 Å². The van der Waals surface area contributed by atoms with Crippen molar-refractivity contribution in [3.05, 3.63) is 75.8 Å². The van der Waals surface area contributed by atoms with Gasteiger partial charge in [-0.15, -0.1) is 0 Å². The molecule has 1 heterocycles. The Morgan fingerprint density at radius 3 is 2.57 bits per heavy atom. The van der Waals surface area contributed by atoms with E-state index in [-0.39, 0.29) is 10.8 Å². The van der Waals surface area contributed by atoms with E-state index in [4.69, 9.17) is 0 Å². The van der Waals surface area contributed by atoms with E-state index in [0.717, 1.165) is 24.1 Å². The molecule has 2 aromatic carbocycles. The van der Waals surface area contributed by atoms with Crippen LogP contribution in [0.5, 0.6) is 0 Å². The number of benzene rings is 2. The molecule has 3 atom stereocenters. The summed E-state index contributed by atoms with van der Waals surface area (Å²) in [4.78, 5) is 11.8. The second-order valence-electron chi connectivity index (χ2n) is 6.63. The average Bonchev–Trinajstić information content (AvgIpc) is 2.96. The van der Waals surface area contributed by atoms with Crippen molar-refractivity contribution in [3.63, 3.8) is 0 Å². The van der Waals surface area contributed by atoms with Crippen molar-refractivity contribution in [2.24, 2.45) is 0 Å². The third-order valence-electron chi connectivity index (χ3n) is 5.64. The van der Waals surface area contributed by atoms with E-state index in [1.807, 2.05) is 36.4 Å². The average molecular weight is 308 g/mol. The fourth-order valence-electron chi connectivity index (χ4n) is 4.69. The fourth-order valence-corrected chi connectivity index (χ4v) is 4.69. The number of nitro groups is 1. The van der Waals surface area contributed by atoms with Gasteiger partial charge in [0, 0.05) is 29.5 Å². The number of fused-ring (bicyclic) bond motifs is 2. The van der Waals surface area contributed by atoms with Gasteiger partial charge in [0.25, 0.3) is 0 Å². The first-order valence-electron chi connectivity index (χ1n) is 8.25. The van der Waals surface area contributed by atoms with Crippen LogP contribution >= 0.6 is 0 Å². The molecule has 1 spiro atoms. The Morgan fingerprint density at radius 2 is 1.78 bits per heavy atom. The Balaban J connectivity index is 1.91. The lowest BCUT2D eigenvalue weighted by Gasteiger charge is -2.43. The highest BCUT2D eigenvalue weighted by atomic mass is 16.6. The highest BCUT2D eigenvalue weighted by molar-refractivity contribution is 5.62. The summed E-state index contributed by atoms with van der Waals surface area (Å²) in [5.74, 6) is 0.184. The minimum Gasteiger partial charge on any atom is -0.384 e. The normalized spacial score (nSPS) is 29.0. The van der Waals surface area contributed by atoms with E-state index in [0.29, 0.717) is 13.0 Å². The lowest BCUT2D eigenvalue weighted by molar-refractivity contribution is -0.539. The summed E-state index contributed by atoms with van der Waals surface area (Å²) in [6, 6.07) is 17.9. The molecule has 4 heteroatoms. The first-order valence-corrected chi connectivity index (χ1v) is 8.25. The number of hydrogen-bond acceptors (Lipinski definition) is 3. The molecule has 0 saturated heterocycles. The Hall–Kier alpha value is -2.36. The number of nitrogens with one attached hydrogen (secondary N) is 1. The van der Waals surface area contributed by atoms with Crippen molar-refractivity contribution in [1.82, 2.24) is 0 Å². The van der Waals surface area contributed by atoms with Gasteiger partial charge in [-0.2, -0.15) is 0 Å². The third-order valence-corrected chi connectivity index (χ3v) is 5.64. The van der Waals surface area contributed by atoms with Gasteiger partial charge in [-0.25, -0.2) is 0 Å². The topological polar surface area (TPSA) is 55.2 Å². The van der Waals surface area contributed by atoms with E-state index < -0.39 is 11.5 Å². The first kappa shape index (κ1) is 14.2. The molecule has 0 bridgehead atoms. The Morgan fingerprint density at radius 1 is 1.04 bits per heavy atom. The van der Waals surface area contributed by atoms with Gasteiger partial charge in [-0.05, 0) is 30.0 Å². The third kappa shape index (κ3) is 2.05. The molecule has 3 unspecified atom stereocenters. The van der Waals surface area contributed by atoms with Gasteiger partial charge in [0.15, 0.2) is 0 Å². The van der Waals surface area contributed by atoms with Gasteiger partial charge in [-0.1, -0.05) is 48.5 Å². The molecule has 1 fully saturated rings. The van der Waals surface area contributed by atoms with E-state index in [1.165, 1.54) is 5.56 Å². The zero-order valence-corrected chi connectivity index (χ0v) is 12.9. The second-order valence-corrected chi connectivity index (χ2v) is 6.63. The summed E-state index contributed by atoms with van der Waals surface area (Å²) in [6.07, 6.45) is 2.58. The maximum absolute atomic E-state index is 11.9. The maximum atomic E-state index is 11.9. The van der Waals surface area contributed by atoms with Crippen molar-refractivity contribution in [2.75, 3.05) is 11.9 Å². The van der Waals surface area contributed by atoms with Crippen LogP contribution in [-0.4, -0.2) is 17.5 Å². The smallest absolute Gasteiger partial charge is 0.225 e. The van der Waals surface area contributed by atoms with Crippen LogP contribution in [0.25, 0.3) is 0 Å². The monoisotopic (exact) mass is 308 g/mol. The minimum atomic E-state index is -0.530. The molecule has 4 nitrogen and oxygen atoms in total. The van der Waals surface area contributed by atoms with Crippen LogP contribution in [0.2, 0.25) is 0 Å². The molecule has 1 aliphatic heterocycles. The standard InChI is InChI=1S/C19H20N2O2/c22-21(23)18-12-6-10-15(14-7-2-1-3-8-14)19(18)13-20-17-11-5-4-9-16(17)19/h1-5,7-9,11,15,18,20H,6,10,12-13H2. The molecule has 4 rings (SSSR count). The second kappa shape index (κ2) is 5.37. The summed E-state index contributed by atoms with van der Waals surface area (Å²) >= 11 is 0. The van der Waals surface area contributed by atoms with E-state index in [1.54, 1.807) is 0 Å². The van der Waals surface area contributed by atoms with Crippen LogP contribution < -0.4 is 5.32 Å². The molecule has 1 aliphatic carbocycles. The number of hydrogen-bond donors (Lipinski definition) is 1. The molecule has 0 amide bonds. The maximum Gasteiger partial charge on any atom is 0.225 e. The lowest BCUT2D eigenvalue weighted by Crippen LogP contribution is -2.52. The molecular weight excluding hydrogens is 288 g/mol. The Bertz CT molecular complexity index is 731. The fraction of sp³-hybridized carbons (Fsp3) is 0.368. The molecular formula is C19H20N2O2. The van der Waals surface area contributed by atoms with Gasteiger partial charge in [0.1, 0.15) is 0 Å². The van der Waals surface area contributed by atoms with E-state index >= 15 is 0 Å². The molecule has 0 aromatic heterocycles. The van der Waals surface area contributed by atoms with Crippen LogP contribution in [0.15, 0.2) is 54.6 Å². The highest BCUT2D eigenvalue weighted by Gasteiger charge is 2.58. The number of para-hydroxylation sites is 1. The predicted octanol–water partition coefficient (Wildman–Crippen LogP) is 3.96. The molecule has 0 radical (unpaired) electrons. The number of nitrogens with zero attached hydrogens (tertiary/aromatic N) is 1. The van der Waals surface area contributed by atoms with Crippen LogP contribution in [0.1, 0.15) is 36.3 Å². The van der Waals surface area contributed by atoms with Crippen LogP contribution in [0.4, 0.5) is 5.69 Å². The van der Waals surface area contributed by atoms with Crippen molar-refractivity contribution < 1.29 is 4.92 Å². The highest BCUT2D eigenvalue weighted by Crippen LogP contribution is 2.54. The molecule has 2 aromatic rings. The summed E-state index contributed by atoms with van der Waals surface area (Å²) in [6.45, 7) is 0.650. The van der Waals surface area contributed by atoms with Crippen LogP contribution in [0, 0.1) is 10.1 Å². The minimum absolute atomic E-state index is 0.0428. The molecule has 1 N–H and O–H groups in total. The SMILES string of the molecule is O=[N+]([O-])C1CCCC(c2ccccc2)C12CNc1ccccc12. The van der Waals surface area contributed by atoms with Gasteiger partial charge in [0.05, 0.1) is 5.41 Å². The Kier molecular flexibility index (Phi) is 3.33. The predicted molar refractivity (Wildman–Crippen MR) is 90.4 cm³/mol. The lowest BCUT2D eigenvalue weighted by atomic mass is 9.59. The Labute approximate surface area is 135 Å². The summed E-state index contributed by atoms with van der Waals surface area (Å²) in [7, 11) is 0. The quantitative estimate of drug-likeness (QED) is 0.675. The number of anilines is 1. The van der Waals surface area contributed by atoms with E-state index in [9.17, 15) is 10.1 Å². The molecule has 1 saturated carbocycles. The van der Waals surface area contributed by atoms with Crippen molar-refractivity contribution in [1.29, 1.82) is 0 Å². The molecule has 118 valence electrons. The van der Waals surface area contributed by atoms with Gasteiger partial charge >= 0.3 is 0 Å². The molecule has 2 aliphatic rings. The van der Waals surface area contributed by atoms with Crippen molar-refractivity contribution in [3.8, 4) is 0 Å². The summed E-state index contributed by atoms with van der Waals surface area (Å²) < 4.78 is 0. The van der Waals surface area contributed by atoms with Crippen LogP contribution in [-0.2, 0) is 5.41 Å². The number of rotatable bonds is 2.